The van der Waals surface area contributed by atoms with Crippen molar-refractivity contribution in [2.45, 2.75) is 19.9 Å². The van der Waals surface area contributed by atoms with Gasteiger partial charge in [-0.1, -0.05) is 12.1 Å². The van der Waals surface area contributed by atoms with Crippen LogP contribution in [-0.2, 0) is 0 Å². The summed E-state index contributed by atoms with van der Waals surface area (Å²) in [5.41, 5.74) is 1.47. The first-order valence-corrected chi connectivity index (χ1v) is 7.56. The average molecular weight is 340 g/mol. The number of rotatable bonds is 5. The van der Waals surface area contributed by atoms with Crippen LogP contribution in [0.15, 0.2) is 43.0 Å². The van der Waals surface area contributed by atoms with Crippen molar-refractivity contribution in [2.24, 2.45) is 0 Å². The van der Waals surface area contributed by atoms with Gasteiger partial charge in [0.1, 0.15) is 5.69 Å². The predicted octanol–water partition coefficient (Wildman–Crippen LogP) is 2.30. The van der Waals surface area contributed by atoms with Crippen molar-refractivity contribution in [3.05, 3.63) is 70.1 Å². The molecule has 3 aromatic rings. The van der Waals surface area contributed by atoms with Crippen molar-refractivity contribution >= 4 is 11.6 Å². The molecule has 2 N–H and O–H groups in total. The summed E-state index contributed by atoms with van der Waals surface area (Å²) in [6.45, 7) is 3.30. The Morgan fingerprint density at radius 2 is 2.24 bits per heavy atom. The molecule has 2 aromatic heterocycles. The van der Waals surface area contributed by atoms with Crippen LogP contribution < -0.4 is 5.32 Å². The van der Waals surface area contributed by atoms with Crippen molar-refractivity contribution < 1.29 is 9.72 Å². The van der Waals surface area contributed by atoms with Gasteiger partial charge in [-0.2, -0.15) is 5.10 Å². The van der Waals surface area contributed by atoms with E-state index >= 15 is 0 Å². The van der Waals surface area contributed by atoms with E-state index in [1.165, 1.54) is 6.92 Å². The van der Waals surface area contributed by atoms with E-state index in [1.807, 2.05) is 35.0 Å². The third-order valence-electron chi connectivity index (χ3n) is 3.83. The van der Waals surface area contributed by atoms with Crippen LogP contribution >= 0.6 is 0 Å². The van der Waals surface area contributed by atoms with Crippen LogP contribution in [0.3, 0.4) is 0 Å². The number of nitrogens with zero attached hydrogens (tertiary/aromatic N) is 4. The van der Waals surface area contributed by atoms with Gasteiger partial charge in [0.25, 0.3) is 5.91 Å². The van der Waals surface area contributed by atoms with Crippen molar-refractivity contribution in [1.82, 2.24) is 25.1 Å². The number of H-pyrrole nitrogens is 1. The fourth-order valence-corrected chi connectivity index (χ4v) is 2.52. The van der Waals surface area contributed by atoms with Crippen LogP contribution in [0.5, 0.6) is 0 Å². The maximum absolute atomic E-state index is 12.4. The largest absolute Gasteiger partial charge is 0.344 e. The van der Waals surface area contributed by atoms with E-state index in [0.717, 1.165) is 11.3 Å². The fraction of sp³-hybridized carbons (Fsp3) is 0.188. The number of nitrogens with one attached hydrogen (secondary N) is 2. The lowest BCUT2D eigenvalue weighted by atomic mass is 10.1. The van der Waals surface area contributed by atoms with Crippen LogP contribution in [-0.4, -0.2) is 30.6 Å². The molecule has 0 aliphatic heterocycles. The summed E-state index contributed by atoms with van der Waals surface area (Å²) in [7, 11) is 0. The Morgan fingerprint density at radius 1 is 1.44 bits per heavy atom. The van der Waals surface area contributed by atoms with Crippen LogP contribution in [0.2, 0.25) is 0 Å². The molecule has 128 valence electrons. The van der Waals surface area contributed by atoms with Gasteiger partial charge in [0, 0.05) is 18.1 Å². The molecule has 9 heteroatoms. The summed E-state index contributed by atoms with van der Waals surface area (Å²) in [5, 5.41) is 20.1. The Balaban J connectivity index is 1.81. The average Bonchev–Trinajstić information content (AvgIpc) is 3.24. The second-order valence-corrected chi connectivity index (χ2v) is 5.56. The molecule has 0 unspecified atom stereocenters. The molecule has 1 amide bonds. The highest BCUT2D eigenvalue weighted by molar-refractivity contribution is 5.96. The van der Waals surface area contributed by atoms with Gasteiger partial charge in [-0.3, -0.25) is 20.0 Å². The summed E-state index contributed by atoms with van der Waals surface area (Å²) in [4.78, 5) is 26.9. The maximum Gasteiger partial charge on any atom is 0.322 e. The first-order chi connectivity index (χ1) is 12.0. The molecular formula is C16H16N6O3. The van der Waals surface area contributed by atoms with Gasteiger partial charge in [-0.25, -0.2) is 4.98 Å². The zero-order valence-corrected chi connectivity index (χ0v) is 13.6. The van der Waals surface area contributed by atoms with Gasteiger partial charge in [0.05, 0.1) is 17.3 Å². The molecule has 0 spiro atoms. The Labute approximate surface area is 142 Å². The minimum Gasteiger partial charge on any atom is -0.344 e. The van der Waals surface area contributed by atoms with Crippen molar-refractivity contribution in [3.63, 3.8) is 0 Å². The number of aromatic amines is 1. The second-order valence-electron chi connectivity index (χ2n) is 5.56. The fourth-order valence-electron chi connectivity index (χ4n) is 2.52. The quantitative estimate of drug-likeness (QED) is 0.545. The minimum atomic E-state index is -0.613. The molecule has 0 aliphatic rings. The molecule has 1 atom stereocenters. The van der Waals surface area contributed by atoms with E-state index in [9.17, 15) is 14.9 Å². The van der Waals surface area contributed by atoms with Crippen LogP contribution in [0.1, 0.15) is 34.7 Å². The molecule has 1 aromatic carbocycles. The maximum atomic E-state index is 12.4. The molecule has 0 fully saturated rings. The predicted molar refractivity (Wildman–Crippen MR) is 89.4 cm³/mol. The van der Waals surface area contributed by atoms with Gasteiger partial charge in [-0.15, -0.1) is 0 Å². The van der Waals surface area contributed by atoms with E-state index in [4.69, 9.17) is 0 Å². The van der Waals surface area contributed by atoms with Crippen LogP contribution in [0, 0.1) is 17.0 Å². The van der Waals surface area contributed by atoms with Gasteiger partial charge >= 0.3 is 5.69 Å². The lowest BCUT2D eigenvalue weighted by Gasteiger charge is -2.14. The number of aromatic nitrogens is 4. The topological polar surface area (TPSA) is 119 Å². The smallest absolute Gasteiger partial charge is 0.322 e. The molecule has 0 saturated heterocycles. The molecule has 9 nitrogen and oxygen atoms in total. The second kappa shape index (κ2) is 6.56. The van der Waals surface area contributed by atoms with Gasteiger partial charge in [0.2, 0.25) is 5.69 Å². The Kier molecular flexibility index (Phi) is 4.29. The third-order valence-corrected chi connectivity index (χ3v) is 3.83. The number of aryl methyl sites for hydroxylation is 1. The SMILES string of the molecule is Cc1[nH]nc(C(=O)N[C@H](C)c2cccc(-n3ccnc3)c2)c1[N+](=O)[O-]. The molecule has 25 heavy (non-hydrogen) atoms. The zero-order chi connectivity index (χ0) is 18.0. The summed E-state index contributed by atoms with van der Waals surface area (Å²) >= 11 is 0. The molecule has 2 heterocycles. The van der Waals surface area contributed by atoms with E-state index in [-0.39, 0.29) is 23.1 Å². The highest BCUT2D eigenvalue weighted by atomic mass is 16.6. The zero-order valence-electron chi connectivity index (χ0n) is 13.6. The standard InChI is InChI=1S/C16H16N6O3/c1-10(12-4-3-5-13(8-12)21-7-6-17-9-21)18-16(23)14-15(22(24)25)11(2)19-20-14/h3-10H,1-2H3,(H,18,23)(H,19,20)/t10-/m1/s1. The first kappa shape index (κ1) is 16.4. The number of carbonyl (C=O) groups excluding carboxylic acids is 1. The molecule has 0 aliphatic carbocycles. The monoisotopic (exact) mass is 340 g/mol. The highest BCUT2D eigenvalue weighted by Gasteiger charge is 2.28. The lowest BCUT2D eigenvalue weighted by Crippen LogP contribution is -2.27. The number of nitro groups is 1. The molecule has 0 radical (unpaired) electrons. The first-order valence-electron chi connectivity index (χ1n) is 7.56. The number of benzene rings is 1. The third kappa shape index (κ3) is 3.25. The van der Waals surface area contributed by atoms with Crippen LogP contribution in [0.4, 0.5) is 5.69 Å². The summed E-state index contributed by atoms with van der Waals surface area (Å²) in [5.74, 6) is -0.600. The summed E-state index contributed by atoms with van der Waals surface area (Å²) in [6.07, 6.45) is 5.17. The van der Waals surface area contributed by atoms with E-state index in [2.05, 4.69) is 20.5 Å². The lowest BCUT2D eigenvalue weighted by molar-refractivity contribution is -0.385. The van der Waals surface area contributed by atoms with Gasteiger partial charge in [-0.05, 0) is 31.5 Å². The Hall–Kier alpha value is -3.49. The number of carbonyl (C=O) groups is 1. The van der Waals surface area contributed by atoms with E-state index in [0.29, 0.717) is 0 Å². The Bertz CT molecular complexity index is 916. The summed E-state index contributed by atoms with van der Waals surface area (Å²) < 4.78 is 1.85. The molecule has 0 saturated carbocycles. The van der Waals surface area contributed by atoms with Crippen molar-refractivity contribution in [2.75, 3.05) is 0 Å². The van der Waals surface area contributed by atoms with Crippen molar-refractivity contribution in [3.8, 4) is 5.69 Å². The normalized spacial score (nSPS) is 11.9. The minimum absolute atomic E-state index is 0.222. The molecular weight excluding hydrogens is 324 g/mol. The van der Waals surface area contributed by atoms with Gasteiger partial charge < -0.3 is 9.88 Å². The van der Waals surface area contributed by atoms with Crippen LogP contribution in [0.25, 0.3) is 5.69 Å². The van der Waals surface area contributed by atoms with Gasteiger partial charge in [0.15, 0.2) is 0 Å². The van der Waals surface area contributed by atoms with E-state index in [1.54, 1.807) is 19.4 Å². The summed E-state index contributed by atoms with van der Waals surface area (Å²) in [6, 6.07) is 7.22. The number of imidazole rings is 1. The number of hydrogen-bond donors (Lipinski definition) is 2. The highest BCUT2D eigenvalue weighted by Crippen LogP contribution is 2.22. The van der Waals surface area contributed by atoms with Crippen molar-refractivity contribution in [1.29, 1.82) is 0 Å². The number of amides is 1. The molecule has 0 bridgehead atoms. The molecule has 3 rings (SSSR count). The number of hydrogen-bond acceptors (Lipinski definition) is 5. The van der Waals surface area contributed by atoms with E-state index < -0.39 is 10.8 Å². The Morgan fingerprint density at radius 3 is 2.92 bits per heavy atom.